The van der Waals surface area contributed by atoms with Crippen molar-refractivity contribution in [1.82, 2.24) is 0 Å². The van der Waals surface area contributed by atoms with Crippen LogP contribution in [0.3, 0.4) is 0 Å². The minimum atomic E-state index is -0.189. The highest BCUT2D eigenvalue weighted by molar-refractivity contribution is 5.14. The van der Waals surface area contributed by atoms with E-state index in [0.717, 1.165) is 19.3 Å². The van der Waals surface area contributed by atoms with Gasteiger partial charge in [-0.1, -0.05) is 60.8 Å². The molecule has 0 spiro atoms. The predicted octanol–water partition coefficient (Wildman–Crippen LogP) is 6.58. The molecule has 3 saturated carbocycles. The lowest BCUT2D eigenvalue weighted by Gasteiger charge is -2.68. The highest BCUT2D eigenvalue weighted by Gasteiger charge is 2.65. The second-order valence-electron chi connectivity index (χ2n) is 12.0. The maximum atomic E-state index is 11.7. The SMILES string of the molecule is CC(C)[C@@H]1CC[C@@](C)(C2([C@]3(C(C)C)CC[C@@H](C)C[C@H]3O)CCCCC2)C[C@H]1O. The van der Waals surface area contributed by atoms with Crippen molar-refractivity contribution in [1.29, 1.82) is 0 Å². The standard InChI is InChI=1S/C26H48O2/c1-18(2)21-11-14-24(6,17-22(21)27)25(12-8-7-9-13-25)26(19(3)4)15-10-20(5)16-23(26)28/h18-23,27-28H,7-17H2,1-6H3/t20-,21+,22-,23-,24-,26+/m1/s1. The van der Waals surface area contributed by atoms with E-state index in [2.05, 4.69) is 41.5 Å². The van der Waals surface area contributed by atoms with E-state index in [1.165, 1.54) is 51.4 Å². The zero-order chi connectivity index (χ0) is 20.7. The van der Waals surface area contributed by atoms with Crippen LogP contribution in [0.15, 0.2) is 0 Å². The fourth-order valence-corrected chi connectivity index (χ4v) is 8.54. The van der Waals surface area contributed by atoms with Crippen LogP contribution in [0.5, 0.6) is 0 Å². The van der Waals surface area contributed by atoms with Gasteiger partial charge >= 0.3 is 0 Å². The third-order valence-electron chi connectivity index (χ3n) is 10.1. The summed E-state index contributed by atoms with van der Waals surface area (Å²) in [4.78, 5) is 0. The number of hydrogen-bond donors (Lipinski definition) is 2. The Morgan fingerprint density at radius 1 is 0.857 bits per heavy atom. The van der Waals surface area contributed by atoms with Gasteiger partial charge in [0.15, 0.2) is 0 Å². The van der Waals surface area contributed by atoms with Gasteiger partial charge in [-0.25, -0.2) is 0 Å². The molecule has 3 fully saturated rings. The van der Waals surface area contributed by atoms with Crippen molar-refractivity contribution < 1.29 is 10.2 Å². The van der Waals surface area contributed by atoms with Crippen LogP contribution in [0.1, 0.15) is 112 Å². The van der Waals surface area contributed by atoms with Gasteiger partial charge in [-0.05, 0) is 85.9 Å². The van der Waals surface area contributed by atoms with Crippen LogP contribution in [0.4, 0.5) is 0 Å². The van der Waals surface area contributed by atoms with Gasteiger partial charge in [-0.3, -0.25) is 0 Å². The number of hydrogen-bond acceptors (Lipinski definition) is 2. The summed E-state index contributed by atoms with van der Waals surface area (Å²) in [6, 6.07) is 0. The maximum Gasteiger partial charge on any atom is 0.0606 e. The summed E-state index contributed by atoms with van der Waals surface area (Å²) in [5, 5.41) is 22.9. The van der Waals surface area contributed by atoms with Crippen molar-refractivity contribution in [2.75, 3.05) is 0 Å². The zero-order valence-corrected chi connectivity index (χ0v) is 19.6. The quantitative estimate of drug-likeness (QED) is 0.567. The Labute approximate surface area is 174 Å². The van der Waals surface area contributed by atoms with Gasteiger partial charge in [0.25, 0.3) is 0 Å². The molecule has 0 radical (unpaired) electrons. The first kappa shape index (κ1) is 22.6. The molecule has 6 atom stereocenters. The summed E-state index contributed by atoms with van der Waals surface area (Å²) in [7, 11) is 0. The van der Waals surface area contributed by atoms with Gasteiger partial charge in [0.1, 0.15) is 0 Å². The fourth-order valence-electron chi connectivity index (χ4n) is 8.54. The Morgan fingerprint density at radius 2 is 1.50 bits per heavy atom. The van der Waals surface area contributed by atoms with Crippen molar-refractivity contribution >= 4 is 0 Å². The van der Waals surface area contributed by atoms with E-state index in [-0.39, 0.29) is 28.5 Å². The van der Waals surface area contributed by atoms with Crippen LogP contribution in [-0.4, -0.2) is 22.4 Å². The molecule has 2 heteroatoms. The Hall–Kier alpha value is -0.0800. The predicted molar refractivity (Wildman–Crippen MR) is 118 cm³/mol. The molecule has 0 aliphatic heterocycles. The molecule has 164 valence electrons. The fraction of sp³-hybridized carbons (Fsp3) is 1.00. The molecule has 0 saturated heterocycles. The Bertz CT molecular complexity index is 521. The van der Waals surface area contributed by atoms with E-state index in [9.17, 15) is 10.2 Å². The number of aliphatic hydroxyl groups is 2. The van der Waals surface area contributed by atoms with Crippen molar-refractivity contribution in [3.8, 4) is 0 Å². The lowest BCUT2D eigenvalue weighted by molar-refractivity contribution is -0.226. The summed E-state index contributed by atoms with van der Waals surface area (Å²) in [6.07, 6.45) is 12.8. The monoisotopic (exact) mass is 392 g/mol. The summed E-state index contributed by atoms with van der Waals surface area (Å²) in [6.45, 7) is 14.1. The van der Waals surface area contributed by atoms with E-state index < -0.39 is 0 Å². The van der Waals surface area contributed by atoms with Crippen molar-refractivity contribution in [3.63, 3.8) is 0 Å². The van der Waals surface area contributed by atoms with Gasteiger partial charge in [-0.2, -0.15) is 0 Å². The normalized spacial score (nSPS) is 44.8. The van der Waals surface area contributed by atoms with E-state index in [4.69, 9.17) is 0 Å². The lowest BCUT2D eigenvalue weighted by Crippen LogP contribution is -2.64. The van der Waals surface area contributed by atoms with Gasteiger partial charge in [0.2, 0.25) is 0 Å². The number of aliphatic hydroxyl groups excluding tert-OH is 2. The number of rotatable bonds is 4. The Morgan fingerprint density at radius 3 is 2.00 bits per heavy atom. The van der Waals surface area contributed by atoms with Gasteiger partial charge in [0.05, 0.1) is 12.2 Å². The molecule has 0 unspecified atom stereocenters. The first-order chi connectivity index (χ1) is 13.1. The molecule has 0 amide bonds. The average Bonchev–Trinajstić information content (AvgIpc) is 2.61. The molecule has 0 aromatic carbocycles. The van der Waals surface area contributed by atoms with Crippen LogP contribution in [0.25, 0.3) is 0 Å². The van der Waals surface area contributed by atoms with E-state index in [0.29, 0.717) is 23.7 Å². The largest absolute Gasteiger partial charge is 0.393 e. The highest BCUT2D eigenvalue weighted by atomic mass is 16.3. The second kappa shape index (κ2) is 8.22. The Balaban J connectivity index is 2.05. The molecular formula is C26H48O2. The van der Waals surface area contributed by atoms with Gasteiger partial charge < -0.3 is 10.2 Å². The summed E-state index contributed by atoms with van der Waals surface area (Å²) < 4.78 is 0. The Kier molecular flexibility index (Phi) is 6.63. The molecule has 0 aromatic heterocycles. The maximum absolute atomic E-state index is 11.7. The first-order valence-electron chi connectivity index (χ1n) is 12.5. The second-order valence-corrected chi connectivity index (χ2v) is 12.0. The molecule has 0 aromatic rings. The van der Waals surface area contributed by atoms with Gasteiger partial charge in [0, 0.05) is 5.41 Å². The molecule has 3 aliphatic carbocycles. The smallest absolute Gasteiger partial charge is 0.0606 e. The van der Waals surface area contributed by atoms with E-state index >= 15 is 0 Å². The van der Waals surface area contributed by atoms with E-state index in [1.807, 2.05) is 0 Å². The summed E-state index contributed by atoms with van der Waals surface area (Å²) >= 11 is 0. The minimum Gasteiger partial charge on any atom is -0.393 e. The van der Waals surface area contributed by atoms with Gasteiger partial charge in [-0.15, -0.1) is 0 Å². The van der Waals surface area contributed by atoms with Crippen LogP contribution < -0.4 is 0 Å². The summed E-state index contributed by atoms with van der Waals surface area (Å²) in [5.74, 6) is 2.13. The molecule has 28 heavy (non-hydrogen) atoms. The van der Waals surface area contributed by atoms with Crippen molar-refractivity contribution in [2.24, 2.45) is 39.9 Å². The lowest BCUT2D eigenvalue weighted by atomic mass is 9.37. The van der Waals surface area contributed by atoms with Crippen LogP contribution in [0.2, 0.25) is 0 Å². The van der Waals surface area contributed by atoms with Crippen LogP contribution >= 0.6 is 0 Å². The third-order valence-corrected chi connectivity index (χ3v) is 10.1. The average molecular weight is 393 g/mol. The molecule has 2 N–H and O–H groups in total. The van der Waals surface area contributed by atoms with Crippen molar-refractivity contribution in [2.45, 2.75) is 124 Å². The zero-order valence-electron chi connectivity index (χ0n) is 19.6. The molecule has 0 heterocycles. The van der Waals surface area contributed by atoms with Crippen molar-refractivity contribution in [3.05, 3.63) is 0 Å². The van der Waals surface area contributed by atoms with Crippen LogP contribution in [-0.2, 0) is 0 Å². The third kappa shape index (κ3) is 3.39. The molecule has 2 nitrogen and oxygen atoms in total. The molecular weight excluding hydrogens is 344 g/mol. The molecule has 0 bridgehead atoms. The summed E-state index contributed by atoms with van der Waals surface area (Å²) in [5.41, 5.74) is 0.331. The minimum absolute atomic E-state index is 0.0130. The van der Waals surface area contributed by atoms with E-state index in [1.54, 1.807) is 0 Å². The molecule has 3 rings (SSSR count). The molecule has 3 aliphatic rings. The first-order valence-corrected chi connectivity index (χ1v) is 12.5. The topological polar surface area (TPSA) is 40.5 Å². The van der Waals surface area contributed by atoms with Crippen LogP contribution in [0, 0.1) is 39.9 Å². The highest BCUT2D eigenvalue weighted by Crippen LogP contribution is 2.70.